The number of carbonyl (C=O) groups is 1. The first-order chi connectivity index (χ1) is 7.76. The molecule has 3 nitrogen and oxygen atoms in total. The molecule has 4 heteroatoms. The summed E-state index contributed by atoms with van der Waals surface area (Å²) in [4.78, 5) is 11.9. The number of nitrogens with one attached hydrogen (secondary N) is 1. The highest BCUT2D eigenvalue weighted by Crippen LogP contribution is 2.27. The van der Waals surface area contributed by atoms with Gasteiger partial charge in [0.25, 0.3) is 0 Å². The van der Waals surface area contributed by atoms with Crippen LogP contribution in [0.25, 0.3) is 0 Å². The lowest BCUT2D eigenvalue weighted by atomic mass is 9.93. The summed E-state index contributed by atoms with van der Waals surface area (Å²) in [5.41, 5.74) is 0.263. The Morgan fingerprint density at radius 3 is 2.81 bits per heavy atom. The molecule has 0 bridgehead atoms. The number of nitriles is 1. The summed E-state index contributed by atoms with van der Waals surface area (Å²) < 4.78 is 0. The molecule has 2 rings (SSSR count). The molecule has 0 aromatic heterocycles. The Labute approximate surface area is 100 Å². The largest absolute Gasteiger partial charge is 0.334 e. The molecule has 1 amide bonds. The predicted octanol–water partition coefficient (Wildman–Crippen LogP) is 2.00. The maximum atomic E-state index is 11.9. The van der Waals surface area contributed by atoms with Crippen molar-refractivity contribution < 1.29 is 4.79 Å². The third kappa shape index (κ3) is 2.41. The zero-order chi connectivity index (χ0) is 11.4. The van der Waals surface area contributed by atoms with E-state index in [1.54, 1.807) is 0 Å². The van der Waals surface area contributed by atoms with Crippen molar-refractivity contribution >= 4 is 17.7 Å². The molecule has 16 heavy (non-hydrogen) atoms. The minimum absolute atomic E-state index is 0.0223. The highest BCUT2D eigenvalue weighted by Gasteiger charge is 2.34. The van der Waals surface area contributed by atoms with Crippen molar-refractivity contribution in [2.75, 3.05) is 11.5 Å². The van der Waals surface area contributed by atoms with Gasteiger partial charge in [-0.05, 0) is 43.6 Å². The van der Waals surface area contributed by atoms with E-state index in [1.807, 2.05) is 17.8 Å². The molecule has 2 aliphatic rings. The molecule has 86 valence electrons. The van der Waals surface area contributed by atoms with E-state index < -0.39 is 5.54 Å². The number of thioether (sulfide) groups is 1. The Balaban J connectivity index is 2.01. The minimum Gasteiger partial charge on any atom is -0.334 e. The summed E-state index contributed by atoms with van der Waals surface area (Å²) in [7, 11) is 0. The van der Waals surface area contributed by atoms with E-state index in [9.17, 15) is 10.1 Å². The van der Waals surface area contributed by atoms with Gasteiger partial charge in [-0.1, -0.05) is 6.08 Å². The van der Waals surface area contributed by atoms with Crippen LogP contribution in [0.2, 0.25) is 0 Å². The fourth-order valence-corrected chi connectivity index (χ4v) is 3.35. The monoisotopic (exact) mass is 236 g/mol. The first kappa shape index (κ1) is 11.5. The number of carbonyl (C=O) groups excluding carboxylic acids is 1. The Bertz CT molecular complexity index is 351. The SMILES string of the molecule is N#CC1(NC(=O)C2=CCCC2)CCSCC1. The lowest BCUT2D eigenvalue weighted by Crippen LogP contribution is -2.50. The van der Waals surface area contributed by atoms with Crippen LogP contribution in [0.15, 0.2) is 11.6 Å². The van der Waals surface area contributed by atoms with Crippen molar-refractivity contribution in [2.24, 2.45) is 0 Å². The van der Waals surface area contributed by atoms with Gasteiger partial charge in [0.15, 0.2) is 0 Å². The average molecular weight is 236 g/mol. The molecule has 0 unspecified atom stereocenters. The zero-order valence-electron chi connectivity index (χ0n) is 9.29. The number of amides is 1. The number of nitrogens with zero attached hydrogens (tertiary/aromatic N) is 1. The Morgan fingerprint density at radius 1 is 1.50 bits per heavy atom. The fourth-order valence-electron chi connectivity index (χ4n) is 2.16. The van der Waals surface area contributed by atoms with Crippen LogP contribution < -0.4 is 5.32 Å². The molecule has 0 saturated carbocycles. The van der Waals surface area contributed by atoms with Gasteiger partial charge in [-0.2, -0.15) is 17.0 Å². The molecule has 0 radical (unpaired) electrons. The van der Waals surface area contributed by atoms with Crippen molar-refractivity contribution in [1.29, 1.82) is 5.26 Å². The van der Waals surface area contributed by atoms with E-state index in [-0.39, 0.29) is 5.91 Å². The molecule has 0 atom stereocenters. The van der Waals surface area contributed by atoms with Gasteiger partial charge < -0.3 is 5.32 Å². The maximum absolute atomic E-state index is 11.9. The molecule has 1 N–H and O–H groups in total. The Morgan fingerprint density at radius 2 is 2.25 bits per heavy atom. The molecular formula is C12H16N2OS. The quantitative estimate of drug-likeness (QED) is 0.798. The second kappa shape index (κ2) is 4.92. The van der Waals surface area contributed by atoms with E-state index in [0.717, 1.165) is 49.2 Å². The van der Waals surface area contributed by atoms with Crippen LogP contribution in [0.1, 0.15) is 32.1 Å². The van der Waals surface area contributed by atoms with Crippen LogP contribution in [-0.2, 0) is 4.79 Å². The third-order valence-corrected chi connectivity index (χ3v) is 4.23. The topological polar surface area (TPSA) is 52.9 Å². The second-order valence-electron chi connectivity index (χ2n) is 4.38. The van der Waals surface area contributed by atoms with E-state index in [0.29, 0.717) is 0 Å². The van der Waals surface area contributed by atoms with Crippen molar-refractivity contribution in [3.63, 3.8) is 0 Å². The van der Waals surface area contributed by atoms with Crippen LogP contribution in [0.3, 0.4) is 0 Å². The van der Waals surface area contributed by atoms with Gasteiger partial charge in [0.05, 0.1) is 6.07 Å². The number of hydrogen-bond acceptors (Lipinski definition) is 3. The zero-order valence-corrected chi connectivity index (χ0v) is 10.1. The highest BCUT2D eigenvalue weighted by atomic mass is 32.2. The van der Waals surface area contributed by atoms with Crippen molar-refractivity contribution in [1.82, 2.24) is 5.32 Å². The van der Waals surface area contributed by atoms with Gasteiger partial charge in [0.1, 0.15) is 5.54 Å². The predicted molar refractivity (Wildman–Crippen MR) is 65.0 cm³/mol. The standard InChI is InChI=1S/C12H16N2OS/c13-9-12(5-7-16-8-6-12)14-11(15)10-3-1-2-4-10/h3H,1-2,4-8H2,(H,14,15). The summed E-state index contributed by atoms with van der Waals surface area (Å²) in [6, 6.07) is 2.30. The molecule has 0 aromatic carbocycles. The molecular weight excluding hydrogens is 220 g/mol. The van der Waals surface area contributed by atoms with Gasteiger partial charge in [-0.15, -0.1) is 0 Å². The van der Waals surface area contributed by atoms with Crippen molar-refractivity contribution in [3.05, 3.63) is 11.6 Å². The molecule has 1 saturated heterocycles. The lowest BCUT2D eigenvalue weighted by Gasteiger charge is -2.31. The van der Waals surface area contributed by atoms with Crippen LogP contribution in [0, 0.1) is 11.3 Å². The van der Waals surface area contributed by atoms with Crippen LogP contribution in [0.4, 0.5) is 0 Å². The van der Waals surface area contributed by atoms with Crippen LogP contribution in [0.5, 0.6) is 0 Å². The van der Waals surface area contributed by atoms with E-state index in [1.165, 1.54) is 0 Å². The summed E-state index contributed by atoms with van der Waals surface area (Å²) in [5, 5.41) is 12.2. The van der Waals surface area contributed by atoms with E-state index >= 15 is 0 Å². The average Bonchev–Trinajstić information content (AvgIpc) is 2.84. The first-order valence-corrected chi connectivity index (χ1v) is 6.92. The molecule has 1 aliphatic carbocycles. The fraction of sp³-hybridized carbons (Fsp3) is 0.667. The second-order valence-corrected chi connectivity index (χ2v) is 5.61. The summed E-state index contributed by atoms with van der Waals surface area (Å²) in [6.07, 6.45) is 6.47. The summed E-state index contributed by atoms with van der Waals surface area (Å²) >= 11 is 1.85. The molecule has 1 aliphatic heterocycles. The van der Waals surface area contributed by atoms with Crippen LogP contribution >= 0.6 is 11.8 Å². The number of allylic oxidation sites excluding steroid dienone is 1. The van der Waals surface area contributed by atoms with Crippen molar-refractivity contribution in [3.8, 4) is 6.07 Å². The Hall–Kier alpha value is -0.950. The third-order valence-electron chi connectivity index (χ3n) is 3.25. The summed E-state index contributed by atoms with van der Waals surface area (Å²) in [5.74, 6) is 1.91. The van der Waals surface area contributed by atoms with Gasteiger partial charge in [-0.3, -0.25) is 4.79 Å². The van der Waals surface area contributed by atoms with Gasteiger partial charge >= 0.3 is 0 Å². The van der Waals surface area contributed by atoms with Crippen LogP contribution in [-0.4, -0.2) is 23.0 Å². The highest BCUT2D eigenvalue weighted by molar-refractivity contribution is 7.99. The number of rotatable bonds is 2. The smallest absolute Gasteiger partial charge is 0.248 e. The molecule has 1 fully saturated rings. The van der Waals surface area contributed by atoms with Gasteiger partial charge in [-0.25, -0.2) is 0 Å². The van der Waals surface area contributed by atoms with E-state index in [2.05, 4.69) is 11.4 Å². The normalized spacial score (nSPS) is 23.3. The summed E-state index contributed by atoms with van der Waals surface area (Å²) in [6.45, 7) is 0. The van der Waals surface area contributed by atoms with E-state index in [4.69, 9.17) is 0 Å². The Kier molecular flexibility index (Phi) is 3.55. The molecule has 1 heterocycles. The lowest BCUT2D eigenvalue weighted by molar-refractivity contribution is -0.119. The molecule has 0 spiro atoms. The molecule has 0 aromatic rings. The van der Waals surface area contributed by atoms with Crippen molar-refractivity contribution in [2.45, 2.75) is 37.6 Å². The maximum Gasteiger partial charge on any atom is 0.248 e. The van der Waals surface area contributed by atoms with Gasteiger partial charge in [0, 0.05) is 5.57 Å². The first-order valence-electron chi connectivity index (χ1n) is 5.76. The van der Waals surface area contributed by atoms with Gasteiger partial charge in [0.2, 0.25) is 5.91 Å². The minimum atomic E-state index is -0.605. The number of hydrogen-bond donors (Lipinski definition) is 1.